The molecule has 5 nitrogen and oxygen atoms in total. The zero-order valence-corrected chi connectivity index (χ0v) is 14.7. The van der Waals surface area contributed by atoms with Crippen molar-refractivity contribution >= 4 is 29.1 Å². The summed E-state index contributed by atoms with van der Waals surface area (Å²) in [6.45, 7) is 0.516. The Hall–Kier alpha value is -1.80. The Morgan fingerprint density at radius 1 is 1.23 bits per heavy atom. The number of benzene rings is 1. The van der Waals surface area contributed by atoms with Crippen LogP contribution in [0.1, 0.15) is 31.2 Å². The van der Waals surface area contributed by atoms with Gasteiger partial charge in [-0.1, -0.05) is 11.6 Å². The number of anilines is 1. The van der Waals surface area contributed by atoms with Crippen molar-refractivity contribution in [3.05, 3.63) is 28.8 Å². The molecule has 2 N–H and O–H groups in total. The molecular weight excluding hydrogens is 371 g/mol. The van der Waals surface area contributed by atoms with E-state index in [1.165, 1.54) is 0 Å². The number of carbonyl (C=O) groups excluding carboxylic acids is 2. The molecule has 1 saturated carbocycles. The lowest BCUT2D eigenvalue weighted by Gasteiger charge is -2.23. The first-order valence-electron chi connectivity index (χ1n) is 8.45. The molecule has 2 fully saturated rings. The molecule has 0 bridgehead atoms. The fraction of sp³-hybridized carbons (Fsp3) is 0.529. The third kappa shape index (κ3) is 4.67. The van der Waals surface area contributed by atoms with Gasteiger partial charge < -0.3 is 10.6 Å². The molecule has 0 radical (unpaired) electrons. The van der Waals surface area contributed by atoms with Crippen LogP contribution >= 0.6 is 11.6 Å². The Kier molecular flexibility index (Phi) is 5.43. The number of nitrogens with one attached hydrogen (secondary N) is 2. The molecule has 1 saturated heterocycles. The van der Waals surface area contributed by atoms with Crippen LogP contribution < -0.4 is 10.6 Å². The Bertz CT molecular complexity index is 707. The fourth-order valence-electron chi connectivity index (χ4n) is 3.01. The molecule has 1 aliphatic heterocycles. The van der Waals surface area contributed by atoms with Crippen LogP contribution in [0.15, 0.2) is 18.2 Å². The number of amides is 2. The van der Waals surface area contributed by atoms with Crippen LogP contribution in [0, 0.1) is 0 Å². The van der Waals surface area contributed by atoms with Crippen molar-refractivity contribution in [1.29, 1.82) is 0 Å². The van der Waals surface area contributed by atoms with Crippen molar-refractivity contribution in [1.82, 2.24) is 10.2 Å². The number of rotatable bonds is 5. The maximum absolute atomic E-state index is 12.8. The summed E-state index contributed by atoms with van der Waals surface area (Å²) < 4.78 is 38.4. The van der Waals surface area contributed by atoms with E-state index in [1.54, 1.807) is 4.90 Å². The van der Waals surface area contributed by atoms with Gasteiger partial charge in [-0.15, -0.1) is 0 Å². The third-order valence-corrected chi connectivity index (χ3v) is 4.83. The normalized spacial score (nSPS) is 20.8. The molecule has 9 heteroatoms. The highest BCUT2D eigenvalue weighted by atomic mass is 35.5. The Morgan fingerprint density at radius 2 is 1.96 bits per heavy atom. The van der Waals surface area contributed by atoms with E-state index in [0.29, 0.717) is 13.0 Å². The van der Waals surface area contributed by atoms with E-state index >= 15 is 0 Å². The highest BCUT2D eigenvalue weighted by Crippen LogP contribution is 2.33. The van der Waals surface area contributed by atoms with E-state index < -0.39 is 17.6 Å². The van der Waals surface area contributed by atoms with E-state index in [9.17, 15) is 22.8 Å². The lowest BCUT2D eigenvalue weighted by Crippen LogP contribution is -2.46. The summed E-state index contributed by atoms with van der Waals surface area (Å²) in [5, 5.41) is 5.37. The first-order valence-corrected chi connectivity index (χ1v) is 8.83. The molecule has 26 heavy (non-hydrogen) atoms. The molecular formula is C17H19ClF3N3O2. The predicted molar refractivity (Wildman–Crippen MR) is 90.8 cm³/mol. The number of hydrogen-bond acceptors (Lipinski definition) is 3. The van der Waals surface area contributed by atoms with E-state index in [1.807, 2.05) is 0 Å². The molecule has 2 amide bonds. The predicted octanol–water partition coefficient (Wildman–Crippen LogP) is 3.04. The molecule has 1 aromatic rings. The Morgan fingerprint density at radius 3 is 2.62 bits per heavy atom. The minimum absolute atomic E-state index is 0.0239. The van der Waals surface area contributed by atoms with E-state index in [0.717, 1.165) is 37.5 Å². The maximum atomic E-state index is 12.8. The lowest BCUT2D eigenvalue weighted by molar-refractivity contribution is -0.137. The largest absolute Gasteiger partial charge is 0.416 e. The number of carbonyl (C=O) groups is 2. The molecule has 1 unspecified atom stereocenters. The van der Waals surface area contributed by atoms with Gasteiger partial charge in [-0.05, 0) is 50.4 Å². The van der Waals surface area contributed by atoms with Crippen LogP contribution in [-0.2, 0) is 15.8 Å². The van der Waals surface area contributed by atoms with Crippen molar-refractivity contribution in [3.63, 3.8) is 0 Å². The molecule has 142 valence electrons. The average Bonchev–Trinajstić information content (AvgIpc) is 3.24. The third-order valence-electron chi connectivity index (χ3n) is 4.50. The SMILES string of the molecule is O=C(CN1CCCC1C(=O)NC1CC1)Nc1cc(C(F)(F)F)ccc1Cl. The van der Waals surface area contributed by atoms with Gasteiger partial charge in [-0.3, -0.25) is 14.5 Å². The highest BCUT2D eigenvalue weighted by Gasteiger charge is 2.35. The zero-order valence-electron chi connectivity index (χ0n) is 13.9. The number of alkyl halides is 3. The van der Waals surface area contributed by atoms with Crippen LogP contribution in [0.5, 0.6) is 0 Å². The monoisotopic (exact) mass is 389 g/mol. The molecule has 3 rings (SSSR count). The minimum atomic E-state index is -4.52. The molecule has 0 spiro atoms. The lowest BCUT2D eigenvalue weighted by atomic mass is 10.2. The molecule has 0 aromatic heterocycles. The summed E-state index contributed by atoms with van der Waals surface area (Å²) in [7, 11) is 0. The van der Waals surface area contributed by atoms with Crippen molar-refractivity contribution in [2.24, 2.45) is 0 Å². The molecule has 2 aliphatic rings. The van der Waals surface area contributed by atoms with Gasteiger partial charge in [-0.25, -0.2) is 0 Å². The van der Waals surface area contributed by atoms with Crippen molar-refractivity contribution in [3.8, 4) is 0 Å². The maximum Gasteiger partial charge on any atom is 0.416 e. The standard InChI is InChI=1S/C17H19ClF3N3O2/c18-12-6-3-10(17(19,20)21)8-13(12)23-15(25)9-24-7-1-2-14(24)16(26)22-11-4-5-11/h3,6,8,11,14H,1-2,4-5,7,9H2,(H,22,26)(H,23,25). The topological polar surface area (TPSA) is 61.4 Å². The number of likely N-dealkylation sites (tertiary alicyclic amines) is 1. The van der Waals surface area contributed by atoms with Gasteiger partial charge >= 0.3 is 6.18 Å². The quantitative estimate of drug-likeness (QED) is 0.813. The fourth-order valence-corrected chi connectivity index (χ4v) is 3.17. The second-order valence-corrected chi connectivity index (χ2v) is 7.06. The van der Waals surface area contributed by atoms with Crippen LogP contribution in [0.2, 0.25) is 5.02 Å². The van der Waals surface area contributed by atoms with Gasteiger partial charge in [0.25, 0.3) is 0 Å². The van der Waals surface area contributed by atoms with Crippen molar-refractivity contribution in [2.45, 2.75) is 43.9 Å². The first kappa shape index (κ1) is 19.0. The van der Waals surface area contributed by atoms with Gasteiger partial charge in [0.1, 0.15) is 0 Å². The second kappa shape index (κ2) is 7.44. The van der Waals surface area contributed by atoms with Crippen LogP contribution in [0.25, 0.3) is 0 Å². The molecule has 1 aromatic carbocycles. The van der Waals surface area contributed by atoms with E-state index in [4.69, 9.17) is 11.6 Å². The minimum Gasteiger partial charge on any atom is -0.352 e. The number of halogens is 4. The summed E-state index contributed by atoms with van der Waals surface area (Å²) in [5.74, 6) is -0.591. The number of nitrogens with zero attached hydrogens (tertiary/aromatic N) is 1. The first-order chi connectivity index (χ1) is 12.2. The Balaban J connectivity index is 1.62. The Labute approximate surface area is 153 Å². The van der Waals surface area contributed by atoms with Crippen molar-refractivity contribution in [2.75, 3.05) is 18.4 Å². The van der Waals surface area contributed by atoms with Gasteiger partial charge in [-0.2, -0.15) is 13.2 Å². The summed E-state index contributed by atoms with van der Waals surface area (Å²) in [4.78, 5) is 26.2. The summed E-state index contributed by atoms with van der Waals surface area (Å²) in [5.41, 5.74) is -0.982. The summed E-state index contributed by atoms with van der Waals surface area (Å²) in [6, 6.07) is 2.63. The summed E-state index contributed by atoms with van der Waals surface area (Å²) >= 11 is 5.89. The van der Waals surface area contributed by atoms with E-state index in [2.05, 4.69) is 10.6 Å². The molecule has 1 atom stereocenters. The molecule has 1 heterocycles. The van der Waals surface area contributed by atoms with Gasteiger partial charge in [0.2, 0.25) is 11.8 Å². The second-order valence-electron chi connectivity index (χ2n) is 6.65. The van der Waals surface area contributed by atoms with Crippen LogP contribution in [0.3, 0.4) is 0 Å². The van der Waals surface area contributed by atoms with Gasteiger partial charge in [0.15, 0.2) is 0 Å². The van der Waals surface area contributed by atoms with E-state index in [-0.39, 0.29) is 35.2 Å². The highest BCUT2D eigenvalue weighted by molar-refractivity contribution is 6.33. The smallest absolute Gasteiger partial charge is 0.352 e. The van der Waals surface area contributed by atoms with Crippen LogP contribution in [0.4, 0.5) is 18.9 Å². The van der Waals surface area contributed by atoms with Crippen LogP contribution in [-0.4, -0.2) is 41.9 Å². The summed E-state index contributed by atoms with van der Waals surface area (Å²) in [6.07, 6.45) is -1.11. The number of hydrogen-bond donors (Lipinski definition) is 2. The zero-order chi connectivity index (χ0) is 18.9. The average molecular weight is 390 g/mol. The van der Waals surface area contributed by atoms with Crippen molar-refractivity contribution < 1.29 is 22.8 Å². The van der Waals surface area contributed by atoms with Gasteiger partial charge in [0, 0.05) is 6.04 Å². The van der Waals surface area contributed by atoms with Gasteiger partial charge in [0.05, 0.1) is 28.9 Å². The molecule has 1 aliphatic carbocycles.